The molecule has 0 bridgehead atoms. The Kier molecular flexibility index (Phi) is 5.96. The lowest BCUT2D eigenvalue weighted by atomic mass is 10.2. The molecule has 1 aliphatic heterocycles. The maximum Gasteiger partial charge on any atom is 0.261 e. The first-order valence-electron chi connectivity index (χ1n) is 10.3. The van der Waals surface area contributed by atoms with Crippen molar-refractivity contribution < 1.29 is 9.18 Å². The van der Waals surface area contributed by atoms with Gasteiger partial charge in [0.2, 0.25) is 0 Å². The second-order valence-corrected chi connectivity index (χ2v) is 8.74. The molecule has 154 valence electrons. The van der Waals surface area contributed by atoms with E-state index < -0.39 is 0 Å². The lowest BCUT2D eigenvalue weighted by Crippen LogP contribution is -2.42. The van der Waals surface area contributed by atoms with Crippen LogP contribution in [0, 0.1) is 12.7 Å². The predicted octanol–water partition coefficient (Wildman–Crippen LogP) is 4.20. The van der Waals surface area contributed by atoms with Crippen molar-refractivity contribution in [1.82, 2.24) is 20.0 Å². The van der Waals surface area contributed by atoms with Gasteiger partial charge in [0.25, 0.3) is 5.91 Å². The third kappa shape index (κ3) is 4.36. The molecule has 0 aliphatic carbocycles. The highest BCUT2D eigenvalue weighted by Gasteiger charge is 2.22. The van der Waals surface area contributed by atoms with Crippen LogP contribution in [0.5, 0.6) is 0 Å². The van der Waals surface area contributed by atoms with Crippen LogP contribution in [0.15, 0.2) is 30.3 Å². The summed E-state index contributed by atoms with van der Waals surface area (Å²) in [6, 6.07) is 8.80. The molecular weight excluding hydrogens is 387 g/mol. The van der Waals surface area contributed by atoms with Gasteiger partial charge in [-0.25, -0.2) is 4.39 Å². The third-order valence-corrected chi connectivity index (χ3v) is 6.85. The number of aromatic nitrogens is 2. The largest absolute Gasteiger partial charge is 0.350 e. The molecule has 5 nitrogen and oxygen atoms in total. The second kappa shape index (κ2) is 8.63. The SMILES string of the molecule is CCC(CNC(=O)c1cc2c(C)nn(Cc3ccc(F)cc3)c2s1)N1CCCC1. The molecule has 0 saturated carbocycles. The summed E-state index contributed by atoms with van der Waals surface area (Å²) in [6.07, 6.45) is 3.55. The van der Waals surface area contributed by atoms with E-state index in [9.17, 15) is 9.18 Å². The average molecular weight is 415 g/mol. The van der Waals surface area contributed by atoms with Crippen LogP contribution in [-0.2, 0) is 6.54 Å². The number of thiophene rings is 1. The van der Waals surface area contributed by atoms with Crippen LogP contribution in [0.3, 0.4) is 0 Å². The van der Waals surface area contributed by atoms with E-state index in [0.717, 1.165) is 41.0 Å². The molecule has 1 fully saturated rings. The number of halogens is 1. The lowest BCUT2D eigenvalue weighted by molar-refractivity contribution is 0.0941. The van der Waals surface area contributed by atoms with Gasteiger partial charge in [0.05, 0.1) is 17.1 Å². The number of fused-ring (bicyclic) bond motifs is 1. The van der Waals surface area contributed by atoms with Crippen LogP contribution in [0.1, 0.15) is 47.1 Å². The topological polar surface area (TPSA) is 50.2 Å². The molecule has 0 radical (unpaired) electrons. The fourth-order valence-corrected chi connectivity index (χ4v) is 5.11. The molecule has 3 aromatic rings. The Labute approximate surface area is 174 Å². The molecule has 1 aliphatic rings. The van der Waals surface area contributed by atoms with E-state index in [1.807, 2.05) is 17.7 Å². The zero-order chi connectivity index (χ0) is 20.4. The first-order chi connectivity index (χ1) is 14.0. The van der Waals surface area contributed by atoms with Gasteiger partial charge in [0.15, 0.2) is 0 Å². The van der Waals surface area contributed by atoms with Gasteiger partial charge < -0.3 is 5.32 Å². The molecule has 2 aromatic heterocycles. The number of likely N-dealkylation sites (tertiary alicyclic amines) is 1. The Bertz CT molecular complexity index is 988. The summed E-state index contributed by atoms with van der Waals surface area (Å²) in [7, 11) is 0. The van der Waals surface area contributed by atoms with Crippen molar-refractivity contribution in [1.29, 1.82) is 0 Å². The number of aryl methyl sites for hydroxylation is 1. The maximum atomic E-state index is 13.2. The highest BCUT2D eigenvalue weighted by molar-refractivity contribution is 7.20. The summed E-state index contributed by atoms with van der Waals surface area (Å²) in [5.74, 6) is -0.262. The fraction of sp³-hybridized carbons (Fsp3) is 0.455. The van der Waals surface area contributed by atoms with Crippen LogP contribution in [0.2, 0.25) is 0 Å². The molecule has 1 unspecified atom stereocenters. The van der Waals surface area contributed by atoms with E-state index >= 15 is 0 Å². The van der Waals surface area contributed by atoms with E-state index in [2.05, 4.69) is 22.2 Å². The number of benzene rings is 1. The molecule has 7 heteroatoms. The van der Waals surface area contributed by atoms with Gasteiger partial charge in [-0.3, -0.25) is 14.4 Å². The maximum absolute atomic E-state index is 13.2. The second-order valence-electron chi connectivity index (χ2n) is 7.71. The minimum atomic E-state index is -0.245. The van der Waals surface area contributed by atoms with Crippen LogP contribution in [-0.4, -0.2) is 46.3 Å². The third-order valence-electron chi connectivity index (χ3n) is 5.70. The monoisotopic (exact) mass is 414 g/mol. The van der Waals surface area contributed by atoms with Crippen molar-refractivity contribution in [3.05, 3.63) is 52.3 Å². The molecule has 1 saturated heterocycles. The molecule has 29 heavy (non-hydrogen) atoms. The summed E-state index contributed by atoms with van der Waals surface area (Å²) < 4.78 is 15.1. The Morgan fingerprint density at radius 1 is 1.28 bits per heavy atom. The predicted molar refractivity (Wildman–Crippen MR) is 115 cm³/mol. The fourth-order valence-electron chi connectivity index (χ4n) is 4.03. The Morgan fingerprint density at radius 3 is 2.69 bits per heavy atom. The summed E-state index contributed by atoms with van der Waals surface area (Å²) in [5, 5.41) is 8.74. The quantitative estimate of drug-likeness (QED) is 0.630. The molecule has 1 N–H and O–H groups in total. The number of hydrogen-bond acceptors (Lipinski definition) is 4. The molecule has 4 rings (SSSR count). The van der Waals surface area contributed by atoms with Crippen LogP contribution in [0.25, 0.3) is 10.2 Å². The van der Waals surface area contributed by atoms with Crippen molar-refractivity contribution in [2.75, 3.05) is 19.6 Å². The van der Waals surface area contributed by atoms with Gasteiger partial charge in [0.1, 0.15) is 10.6 Å². The van der Waals surface area contributed by atoms with Gasteiger partial charge in [-0.1, -0.05) is 19.1 Å². The van der Waals surface area contributed by atoms with E-state index in [1.165, 1.54) is 36.3 Å². The highest BCUT2D eigenvalue weighted by atomic mass is 32.1. The summed E-state index contributed by atoms with van der Waals surface area (Å²) in [5.41, 5.74) is 1.88. The van der Waals surface area contributed by atoms with Crippen LogP contribution >= 0.6 is 11.3 Å². The van der Waals surface area contributed by atoms with Crippen molar-refractivity contribution in [2.24, 2.45) is 0 Å². The Morgan fingerprint density at radius 2 is 2.00 bits per heavy atom. The first-order valence-corrected chi connectivity index (χ1v) is 11.1. The number of carbonyl (C=O) groups excluding carboxylic acids is 1. The smallest absolute Gasteiger partial charge is 0.261 e. The van der Waals surface area contributed by atoms with Gasteiger partial charge in [-0.2, -0.15) is 5.10 Å². The van der Waals surface area contributed by atoms with E-state index in [0.29, 0.717) is 24.0 Å². The minimum Gasteiger partial charge on any atom is -0.350 e. The van der Waals surface area contributed by atoms with Crippen molar-refractivity contribution in [3.63, 3.8) is 0 Å². The Hall–Kier alpha value is -2.25. The zero-order valence-electron chi connectivity index (χ0n) is 16.9. The number of amides is 1. The average Bonchev–Trinajstić information content (AvgIpc) is 3.44. The van der Waals surface area contributed by atoms with Crippen molar-refractivity contribution in [3.8, 4) is 0 Å². The molecule has 3 heterocycles. The number of hydrogen-bond donors (Lipinski definition) is 1. The number of nitrogens with one attached hydrogen (secondary N) is 1. The van der Waals surface area contributed by atoms with Crippen molar-refractivity contribution >= 4 is 27.5 Å². The standard InChI is InChI=1S/C22H27FN4OS/c1-3-18(26-10-4-5-11-26)13-24-21(28)20-12-19-15(2)25-27(22(19)29-20)14-16-6-8-17(23)9-7-16/h6-9,12,18H,3-5,10-11,13-14H2,1-2H3,(H,24,28). The van der Waals surface area contributed by atoms with Crippen molar-refractivity contribution in [2.45, 2.75) is 45.7 Å². The molecule has 1 aromatic carbocycles. The first kappa shape index (κ1) is 20.0. The Balaban J connectivity index is 1.48. The summed E-state index contributed by atoms with van der Waals surface area (Å²) in [6.45, 7) is 7.65. The summed E-state index contributed by atoms with van der Waals surface area (Å²) in [4.78, 5) is 16.9. The summed E-state index contributed by atoms with van der Waals surface area (Å²) >= 11 is 1.47. The normalized spacial score (nSPS) is 15.8. The molecular formula is C22H27FN4OS. The van der Waals surface area contributed by atoms with Gasteiger partial charge in [-0.05, 0) is 63.0 Å². The minimum absolute atomic E-state index is 0.0171. The zero-order valence-corrected chi connectivity index (χ0v) is 17.8. The van der Waals surface area contributed by atoms with Crippen LogP contribution < -0.4 is 5.32 Å². The van der Waals surface area contributed by atoms with E-state index in [4.69, 9.17) is 0 Å². The highest BCUT2D eigenvalue weighted by Crippen LogP contribution is 2.29. The number of nitrogens with zero attached hydrogens (tertiary/aromatic N) is 3. The van der Waals surface area contributed by atoms with Gasteiger partial charge in [-0.15, -0.1) is 11.3 Å². The molecule has 0 spiro atoms. The number of rotatable bonds is 7. The lowest BCUT2D eigenvalue weighted by Gasteiger charge is -2.26. The van der Waals surface area contributed by atoms with E-state index in [-0.39, 0.29) is 11.7 Å². The van der Waals surface area contributed by atoms with Crippen LogP contribution in [0.4, 0.5) is 4.39 Å². The number of carbonyl (C=O) groups is 1. The molecule has 1 atom stereocenters. The molecule has 1 amide bonds. The van der Waals surface area contributed by atoms with Gasteiger partial charge >= 0.3 is 0 Å². The van der Waals surface area contributed by atoms with E-state index in [1.54, 1.807) is 12.1 Å². The van der Waals surface area contributed by atoms with Gasteiger partial charge in [0, 0.05) is 18.0 Å².